The van der Waals surface area contributed by atoms with Gasteiger partial charge >= 0.3 is 0 Å². The Hall–Kier alpha value is -1.13. The third-order valence-electron chi connectivity index (χ3n) is 3.02. The maximum atomic E-state index is 13.3. The fourth-order valence-corrected chi connectivity index (χ4v) is 4.39. The molecule has 0 spiro atoms. The Morgan fingerprint density at radius 2 is 1.79 bits per heavy atom. The van der Waals surface area contributed by atoms with E-state index in [4.69, 9.17) is 0 Å². The molecule has 0 atom stereocenters. The summed E-state index contributed by atoms with van der Waals surface area (Å²) in [5, 5.41) is 0. The summed E-state index contributed by atoms with van der Waals surface area (Å²) in [5.41, 5.74) is 2.23. The first-order valence-electron chi connectivity index (χ1n) is 6.09. The Morgan fingerprint density at radius 1 is 1.00 bits per heavy atom. The number of nitrogens with zero attached hydrogens (tertiary/aromatic N) is 1. The minimum atomic E-state index is -0.176. The van der Waals surface area contributed by atoms with Crippen LogP contribution < -0.4 is 4.90 Å². The van der Waals surface area contributed by atoms with Crippen LogP contribution in [0.1, 0.15) is 5.56 Å². The van der Waals surface area contributed by atoms with E-state index in [-0.39, 0.29) is 5.82 Å². The van der Waals surface area contributed by atoms with Crippen molar-refractivity contribution in [2.45, 2.75) is 16.7 Å². The third-order valence-corrected chi connectivity index (χ3v) is 5.35. The van der Waals surface area contributed by atoms with E-state index in [1.807, 2.05) is 29.6 Å². The van der Waals surface area contributed by atoms with E-state index >= 15 is 0 Å². The Bertz CT molecular complexity index is 600. The zero-order chi connectivity index (χ0) is 13.2. The van der Waals surface area contributed by atoms with Crippen LogP contribution in [0.4, 0.5) is 10.1 Å². The quantitative estimate of drug-likeness (QED) is 0.746. The van der Waals surface area contributed by atoms with Crippen molar-refractivity contribution in [1.29, 1.82) is 0 Å². The molecular weight excluding hydrogens is 277 g/mol. The van der Waals surface area contributed by atoms with Gasteiger partial charge in [-0.25, -0.2) is 4.39 Å². The average Bonchev–Trinajstić information content (AvgIpc) is 2.61. The lowest BCUT2D eigenvalue weighted by Gasteiger charge is -2.21. The van der Waals surface area contributed by atoms with Gasteiger partial charge in [-0.05, 0) is 42.8 Å². The predicted molar refractivity (Wildman–Crippen MR) is 81.5 cm³/mol. The van der Waals surface area contributed by atoms with E-state index in [0.29, 0.717) is 0 Å². The van der Waals surface area contributed by atoms with Crippen molar-refractivity contribution in [1.82, 2.24) is 0 Å². The molecule has 0 N–H and O–H groups in total. The monoisotopic (exact) mass is 291 g/mol. The fourth-order valence-electron chi connectivity index (χ4n) is 2.00. The summed E-state index contributed by atoms with van der Waals surface area (Å²) in [6, 6.07) is 13.4. The normalized spacial score (nSPS) is 14.9. The molecule has 0 bridgehead atoms. The average molecular weight is 291 g/mol. The number of hydrogen-bond acceptors (Lipinski definition) is 3. The van der Waals surface area contributed by atoms with Crippen LogP contribution in [0, 0.1) is 12.7 Å². The smallest absolute Gasteiger partial charge is 0.125 e. The second-order valence-corrected chi connectivity index (χ2v) is 6.49. The molecule has 0 aliphatic carbocycles. The van der Waals surface area contributed by atoms with Gasteiger partial charge < -0.3 is 4.90 Å². The number of benzene rings is 2. The third kappa shape index (κ3) is 2.90. The maximum absolute atomic E-state index is 13.3. The van der Waals surface area contributed by atoms with Crippen molar-refractivity contribution in [2.75, 3.05) is 16.7 Å². The van der Waals surface area contributed by atoms with Crippen LogP contribution in [-0.4, -0.2) is 11.8 Å². The molecule has 0 aromatic heterocycles. The highest BCUT2D eigenvalue weighted by atomic mass is 32.2. The van der Waals surface area contributed by atoms with Crippen LogP contribution in [0.5, 0.6) is 0 Å². The van der Waals surface area contributed by atoms with Crippen LogP contribution in [0.15, 0.2) is 52.3 Å². The molecule has 1 aliphatic heterocycles. The molecule has 2 aromatic rings. The zero-order valence-corrected chi connectivity index (χ0v) is 12.2. The van der Waals surface area contributed by atoms with Crippen molar-refractivity contribution >= 4 is 29.2 Å². The number of rotatable bonds is 1. The van der Waals surface area contributed by atoms with Crippen LogP contribution in [-0.2, 0) is 0 Å². The van der Waals surface area contributed by atoms with Gasteiger partial charge in [-0.1, -0.05) is 12.1 Å². The summed E-state index contributed by atoms with van der Waals surface area (Å²) in [5.74, 6) is 1.53. The van der Waals surface area contributed by atoms with Gasteiger partial charge in [0.05, 0.1) is 11.8 Å². The first kappa shape index (κ1) is 12.9. The predicted octanol–water partition coefficient (Wildman–Crippen LogP) is 4.75. The Kier molecular flexibility index (Phi) is 3.71. The first-order chi connectivity index (χ1) is 9.22. The van der Waals surface area contributed by atoms with Crippen molar-refractivity contribution < 1.29 is 4.39 Å². The van der Waals surface area contributed by atoms with E-state index in [0.717, 1.165) is 17.4 Å². The molecule has 0 amide bonds. The number of thioether (sulfide) groups is 2. The molecular formula is C15H14FNS2. The van der Waals surface area contributed by atoms with E-state index in [9.17, 15) is 4.39 Å². The molecule has 2 aromatic carbocycles. The second kappa shape index (κ2) is 5.47. The lowest BCUT2D eigenvalue weighted by atomic mass is 10.2. The summed E-state index contributed by atoms with van der Waals surface area (Å²) in [7, 11) is 0. The highest BCUT2D eigenvalue weighted by Gasteiger charge is 2.15. The van der Waals surface area contributed by atoms with Crippen LogP contribution >= 0.6 is 23.5 Å². The second-order valence-electron chi connectivity index (χ2n) is 4.52. The molecule has 1 heterocycles. The van der Waals surface area contributed by atoms with Gasteiger partial charge in [0.2, 0.25) is 0 Å². The van der Waals surface area contributed by atoms with Gasteiger partial charge in [-0.3, -0.25) is 0 Å². The summed E-state index contributed by atoms with van der Waals surface area (Å²) in [6.45, 7) is 2.11. The van der Waals surface area contributed by atoms with Gasteiger partial charge in [0.25, 0.3) is 0 Å². The van der Waals surface area contributed by atoms with Gasteiger partial charge in [-0.2, -0.15) is 0 Å². The van der Waals surface area contributed by atoms with Crippen molar-refractivity contribution in [2.24, 2.45) is 0 Å². The molecule has 0 unspecified atom stereocenters. The topological polar surface area (TPSA) is 3.24 Å². The molecule has 19 heavy (non-hydrogen) atoms. The molecule has 1 aliphatic rings. The van der Waals surface area contributed by atoms with Crippen LogP contribution in [0.3, 0.4) is 0 Å². The van der Waals surface area contributed by atoms with E-state index in [2.05, 4.69) is 30.0 Å². The van der Waals surface area contributed by atoms with Crippen molar-refractivity contribution in [3.05, 3.63) is 53.8 Å². The molecule has 0 saturated heterocycles. The highest BCUT2D eigenvalue weighted by molar-refractivity contribution is 8.03. The number of aryl methyl sites for hydroxylation is 1. The summed E-state index contributed by atoms with van der Waals surface area (Å²) < 4.78 is 13.3. The van der Waals surface area contributed by atoms with E-state index in [1.54, 1.807) is 12.1 Å². The lowest BCUT2D eigenvalue weighted by Crippen LogP contribution is -2.20. The van der Waals surface area contributed by atoms with Crippen LogP contribution in [0.2, 0.25) is 0 Å². The Labute approximate surface area is 121 Å². The van der Waals surface area contributed by atoms with Gasteiger partial charge in [0, 0.05) is 15.5 Å². The van der Waals surface area contributed by atoms with Crippen molar-refractivity contribution in [3.8, 4) is 0 Å². The van der Waals surface area contributed by atoms with Gasteiger partial charge in [0.1, 0.15) is 5.82 Å². The first-order valence-corrected chi connectivity index (χ1v) is 8.06. The Morgan fingerprint density at radius 3 is 2.58 bits per heavy atom. The summed E-state index contributed by atoms with van der Waals surface area (Å²) >= 11 is 3.62. The Balaban J connectivity index is 1.83. The minimum Gasteiger partial charge on any atom is -0.352 e. The minimum absolute atomic E-state index is 0.176. The number of fused-ring (bicyclic) bond motifs is 1. The standard InChI is InChI=1S/C15H14FNS2/c1-11-5-6-14-15(7-11)19-10-17(9-18-14)13-4-2-3-12(16)8-13/h2-8H,9-10H2,1H3. The van der Waals surface area contributed by atoms with Crippen molar-refractivity contribution in [3.63, 3.8) is 0 Å². The fraction of sp³-hybridized carbons (Fsp3) is 0.200. The zero-order valence-electron chi connectivity index (χ0n) is 10.6. The largest absolute Gasteiger partial charge is 0.352 e. The number of anilines is 1. The maximum Gasteiger partial charge on any atom is 0.125 e. The van der Waals surface area contributed by atoms with E-state index in [1.165, 1.54) is 21.4 Å². The summed E-state index contributed by atoms with van der Waals surface area (Å²) in [4.78, 5) is 4.84. The molecule has 1 nitrogen and oxygen atoms in total. The van der Waals surface area contributed by atoms with E-state index < -0.39 is 0 Å². The number of halogens is 1. The van der Waals surface area contributed by atoms with Gasteiger partial charge in [-0.15, -0.1) is 23.5 Å². The molecule has 4 heteroatoms. The molecule has 0 saturated carbocycles. The SMILES string of the molecule is Cc1ccc2c(c1)SCN(c1cccc(F)c1)CS2. The van der Waals surface area contributed by atoms with Gasteiger partial charge in [0.15, 0.2) is 0 Å². The molecule has 0 radical (unpaired) electrons. The molecule has 3 rings (SSSR count). The van der Waals surface area contributed by atoms with Crippen LogP contribution in [0.25, 0.3) is 0 Å². The molecule has 0 fully saturated rings. The lowest BCUT2D eigenvalue weighted by molar-refractivity contribution is 0.627. The summed E-state index contributed by atoms with van der Waals surface area (Å²) in [6.07, 6.45) is 0. The molecule has 98 valence electrons. The highest BCUT2D eigenvalue weighted by Crippen LogP contribution is 2.37. The number of hydrogen-bond donors (Lipinski definition) is 0.